The number of nitrogens with zero attached hydrogens (tertiary/aromatic N) is 3. The molecule has 0 bridgehead atoms. The van der Waals surface area contributed by atoms with E-state index in [1.54, 1.807) is 17.6 Å². The number of amides is 2. The van der Waals surface area contributed by atoms with Crippen molar-refractivity contribution in [2.24, 2.45) is 0 Å². The summed E-state index contributed by atoms with van der Waals surface area (Å²) in [5.74, 6) is 0.102. The molecule has 0 saturated carbocycles. The van der Waals surface area contributed by atoms with E-state index in [0.29, 0.717) is 44.0 Å². The van der Waals surface area contributed by atoms with E-state index >= 15 is 0 Å². The third-order valence-corrected chi connectivity index (χ3v) is 7.33. The molecule has 1 saturated heterocycles. The summed E-state index contributed by atoms with van der Waals surface area (Å²) in [7, 11) is 0. The number of rotatable bonds is 5. The van der Waals surface area contributed by atoms with Gasteiger partial charge < -0.3 is 18.8 Å². The van der Waals surface area contributed by atoms with Crippen molar-refractivity contribution in [3.63, 3.8) is 0 Å². The van der Waals surface area contributed by atoms with Crippen molar-refractivity contribution in [1.29, 1.82) is 0 Å². The van der Waals surface area contributed by atoms with Gasteiger partial charge in [-0.2, -0.15) is 0 Å². The SMILES string of the molecule is Cc1ccccc1Cn1c(C(=O)N2CCN(C(=O)Cc3cccs3)C(C)C2)cc2ccoc21. The zero-order valence-corrected chi connectivity index (χ0v) is 19.7. The van der Waals surface area contributed by atoms with Crippen LogP contribution in [-0.4, -0.2) is 51.9 Å². The Morgan fingerprint density at radius 2 is 1.97 bits per heavy atom. The highest BCUT2D eigenvalue weighted by atomic mass is 32.1. The summed E-state index contributed by atoms with van der Waals surface area (Å²) >= 11 is 1.60. The van der Waals surface area contributed by atoms with Gasteiger partial charge in [-0.25, -0.2) is 0 Å². The summed E-state index contributed by atoms with van der Waals surface area (Å²) in [6, 6.07) is 15.9. The molecule has 1 aromatic carbocycles. The molecule has 5 rings (SSSR count). The van der Waals surface area contributed by atoms with E-state index < -0.39 is 0 Å². The van der Waals surface area contributed by atoms with Crippen LogP contribution in [0.4, 0.5) is 0 Å². The highest BCUT2D eigenvalue weighted by molar-refractivity contribution is 7.10. The molecule has 0 N–H and O–H groups in total. The number of aryl methyl sites for hydroxylation is 1. The van der Waals surface area contributed by atoms with Gasteiger partial charge >= 0.3 is 0 Å². The van der Waals surface area contributed by atoms with E-state index in [9.17, 15) is 9.59 Å². The minimum absolute atomic E-state index is 0.0211. The molecule has 4 aromatic rings. The Balaban J connectivity index is 1.35. The number of aromatic nitrogens is 1. The molecule has 6 nitrogen and oxygen atoms in total. The maximum atomic E-state index is 13.6. The minimum Gasteiger partial charge on any atom is -0.448 e. The zero-order valence-electron chi connectivity index (χ0n) is 18.9. The van der Waals surface area contributed by atoms with Crippen LogP contribution in [0.1, 0.15) is 33.4 Å². The lowest BCUT2D eigenvalue weighted by Crippen LogP contribution is -2.55. The van der Waals surface area contributed by atoms with Gasteiger partial charge in [0.05, 0.1) is 19.2 Å². The first-order chi connectivity index (χ1) is 16.0. The number of thiophene rings is 1. The van der Waals surface area contributed by atoms with Crippen molar-refractivity contribution in [2.75, 3.05) is 19.6 Å². The monoisotopic (exact) mass is 461 g/mol. The Kier molecular flexibility index (Phi) is 5.81. The van der Waals surface area contributed by atoms with E-state index in [-0.39, 0.29) is 17.9 Å². The fourth-order valence-electron chi connectivity index (χ4n) is 4.61. The van der Waals surface area contributed by atoms with Crippen LogP contribution in [0.5, 0.6) is 0 Å². The normalized spacial score (nSPS) is 16.5. The van der Waals surface area contributed by atoms with E-state index in [0.717, 1.165) is 15.8 Å². The van der Waals surface area contributed by atoms with Gasteiger partial charge in [-0.3, -0.25) is 9.59 Å². The Morgan fingerprint density at radius 1 is 1.12 bits per heavy atom. The molecule has 0 radical (unpaired) electrons. The minimum atomic E-state index is -0.0297. The lowest BCUT2D eigenvalue weighted by atomic mass is 10.1. The number of piperazine rings is 1. The fourth-order valence-corrected chi connectivity index (χ4v) is 5.30. The smallest absolute Gasteiger partial charge is 0.270 e. The molecule has 2 amide bonds. The first-order valence-corrected chi connectivity index (χ1v) is 12.1. The van der Waals surface area contributed by atoms with Crippen molar-refractivity contribution in [1.82, 2.24) is 14.4 Å². The molecule has 1 fully saturated rings. The fraction of sp³-hybridized carbons (Fsp3) is 0.308. The second-order valence-electron chi connectivity index (χ2n) is 8.67. The number of carbonyl (C=O) groups is 2. The molecule has 0 aliphatic carbocycles. The molecule has 3 aromatic heterocycles. The Labute approximate surface area is 197 Å². The zero-order chi connectivity index (χ0) is 22.9. The third-order valence-electron chi connectivity index (χ3n) is 6.45. The number of furan rings is 1. The Morgan fingerprint density at radius 3 is 2.73 bits per heavy atom. The topological polar surface area (TPSA) is 58.7 Å². The lowest BCUT2D eigenvalue weighted by molar-refractivity contribution is -0.134. The maximum Gasteiger partial charge on any atom is 0.270 e. The Bertz CT molecular complexity index is 1290. The number of hydrogen-bond acceptors (Lipinski definition) is 4. The van der Waals surface area contributed by atoms with Gasteiger partial charge in [-0.05, 0) is 48.6 Å². The molecule has 0 spiro atoms. The molecule has 33 heavy (non-hydrogen) atoms. The van der Waals surface area contributed by atoms with Crippen molar-refractivity contribution in [3.8, 4) is 0 Å². The van der Waals surface area contributed by atoms with E-state index in [1.165, 1.54) is 5.56 Å². The van der Waals surface area contributed by atoms with Crippen molar-refractivity contribution in [3.05, 3.63) is 81.9 Å². The molecule has 4 heterocycles. The van der Waals surface area contributed by atoms with Crippen LogP contribution in [0.15, 0.2) is 64.6 Å². The summed E-state index contributed by atoms with van der Waals surface area (Å²) in [6.07, 6.45) is 2.08. The van der Waals surface area contributed by atoms with E-state index in [1.807, 2.05) is 63.1 Å². The van der Waals surface area contributed by atoms with E-state index in [4.69, 9.17) is 4.42 Å². The van der Waals surface area contributed by atoms with E-state index in [2.05, 4.69) is 19.1 Å². The predicted molar refractivity (Wildman–Crippen MR) is 130 cm³/mol. The summed E-state index contributed by atoms with van der Waals surface area (Å²) in [4.78, 5) is 31.2. The standard InChI is InChI=1S/C26H27N3O3S/c1-18-6-3-4-7-21(18)17-29-23(14-20-9-12-32-26(20)29)25(31)27-10-11-28(19(2)16-27)24(30)15-22-8-5-13-33-22/h3-9,12-14,19H,10-11,15-17H2,1-2H3. The molecule has 1 atom stereocenters. The first kappa shape index (κ1) is 21.5. The third kappa shape index (κ3) is 4.20. The number of carbonyl (C=O) groups excluding carboxylic acids is 2. The van der Waals surface area contributed by atoms with Crippen LogP contribution in [0, 0.1) is 6.92 Å². The van der Waals surface area contributed by atoms with Crippen molar-refractivity contribution in [2.45, 2.75) is 32.9 Å². The second kappa shape index (κ2) is 8.90. The molecular formula is C26H27N3O3S. The quantitative estimate of drug-likeness (QED) is 0.438. The molecule has 170 valence electrons. The number of hydrogen-bond donors (Lipinski definition) is 0. The predicted octanol–water partition coefficient (Wildman–Crippen LogP) is 4.57. The highest BCUT2D eigenvalue weighted by Gasteiger charge is 2.32. The number of fused-ring (bicyclic) bond motifs is 1. The van der Waals surface area contributed by atoms with Gasteiger partial charge in [0.2, 0.25) is 11.6 Å². The first-order valence-electron chi connectivity index (χ1n) is 11.2. The highest BCUT2D eigenvalue weighted by Crippen LogP contribution is 2.25. The van der Waals surface area contributed by atoms with Crippen LogP contribution in [0.3, 0.4) is 0 Å². The van der Waals surface area contributed by atoms with Gasteiger partial charge in [-0.1, -0.05) is 30.3 Å². The lowest BCUT2D eigenvalue weighted by Gasteiger charge is -2.40. The molecule has 1 unspecified atom stereocenters. The van der Waals surface area contributed by atoms with Gasteiger partial charge in [0.15, 0.2) is 0 Å². The summed E-state index contributed by atoms with van der Waals surface area (Å²) in [6.45, 7) is 6.26. The van der Waals surface area contributed by atoms with Crippen LogP contribution < -0.4 is 0 Å². The average Bonchev–Trinajstić information content (AvgIpc) is 3.54. The second-order valence-corrected chi connectivity index (χ2v) is 9.70. The van der Waals surface area contributed by atoms with Gasteiger partial charge in [-0.15, -0.1) is 11.3 Å². The maximum absolute atomic E-state index is 13.6. The molecule has 7 heteroatoms. The van der Waals surface area contributed by atoms with Crippen molar-refractivity contribution >= 4 is 34.3 Å². The summed E-state index contributed by atoms with van der Waals surface area (Å²) in [5.41, 5.74) is 3.66. The largest absolute Gasteiger partial charge is 0.448 e. The van der Waals surface area contributed by atoms with Gasteiger partial charge in [0.25, 0.3) is 5.91 Å². The van der Waals surface area contributed by atoms with Gasteiger partial charge in [0, 0.05) is 35.9 Å². The Hall–Kier alpha value is -3.32. The van der Waals surface area contributed by atoms with Crippen LogP contribution in [0.2, 0.25) is 0 Å². The van der Waals surface area contributed by atoms with Crippen LogP contribution >= 0.6 is 11.3 Å². The van der Waals surface area contributed by atoms with Crippen molar-refractivity contribution < 1.29 is 14.0 Å². The van der Waals surface area contributed by atoms with Crippen LogP contribution in [0.25, 0.3) is 11.1 Å². The summed E-state index contributed by atoms with van der Waals surface area (Å²) < 4.78 is 7.71. The van der Waals surface area contributed by atoms with Gasteiger partial charge in [0.1, 0.15) is 5.69 Å². The molecule has 1 aliphatic heterocycles. The van der Waals surface area contributed by atoms with Crippen LogP contribution in [-0.2, 0) is 17.8 Å². The average molecular weight is 462 g/mol. The molecule has 1 aliphatic rings. The number of benzene rings is 1. The summed E-state index contributed by atoms with van der Waals surface area (Å²) in [5, 5.41) is 2.91. The molecular weight excluding hydrogens is 434 g/mol.